The first-order chi connectivity index (χ1) is 18.0. The minimum absolute atomic E-state index is 0.123. The van der Waals surface area contributed by atoms with Crippen molar-refractivity contribution in [3.05, 3.63) is 111 Å². The Bertz CT molecular complexity index is 1420. The zero-order valence-corrected chi connectivity index (χ0v) is 21.1. The van der Waals surface area contributed by atoms with Crippen molar-refractivity contribution in [2.24, 2.45) is 0 Å². The molecule has 5 rings (SSSR count). The number of benzene rings is 3. The van der Waals surface area contributed by atoms with E-state index in [1.54, 1.807) is 11.4 Å². The van der Waals surface area contributed by atoms with Crippen LogP contribution in [0.15, 0.2) is 78.2 Å². The lowest BCUT2D eigenvalue weighted by Gasteiger charge is -2.38. The average Bonchev–Trinajstić information content (AvgIpc) is 3.40. The summed E-state index contributed by atoms with van der Waals surface area (Å²) in [5.41, 5.74) is 3.94. The number of anilines is 1. The van der Waals surface area contributed by atoms with Crippen LogP contribution in [0.5, 0.6) is 5.75 Å². The van der Waals surface area contributed by atoms with Crippen molar-refractivity contribution in [3.63, 3.8) is 0 Å². The van der Waals surface area contributed by atoms with E-state index < -0.39 is 11.7 Å². The summed E-state index contributed by atoms with van der Waals surface area (Å²) in [6, 6.07) is 21.6. The highest BCUT2D eigenvalue weighted by molar-refractivity contribution is 7.09. The summed E-state index contributed by atoms with van der Waals surface area (Å²) < 4.78 is 19.4. The van der Waals surface area contributed by atoms with Gasteiger partial charge in [-0.15, -0.1) is 11.3 Å². The molecule has 0 saturated heterocycles. The van der Waals surface area contributed by atoms with Crippen LogP contribution in [0.4, 0.5) is 10.1 Å². The summed E-state index contributed by atoms with van der Waals surface area (Å²) >= 11 is 1.32. The average molecular weight is 516 g/mol. The Morgan fingerprint density at radius 3 is 2.73 bits per heavy atom. The van der Waals surface area contributed by atoms with Gasteiger partial charge in [0.1, 0.15) is 28.9 Å². The molecule has 0 aliphatic carbocycles. The Morgan fingerprint density at radius 2 is 1.95 bits per heavy atom. The number of nitrogens with zero attached hydrogens (tertiary/aromatic N) is 2. The van der Waals surface area contributed by atoms with Crippen molar-refractivity contribution in [1.29, 1.82) is 0 Å². The van der Waals surface area contributed by atoms with Crippen molar-refractivity contribution in [2.45, 2.75) is 32.4 Å². The lowest BCUT2D eigenvalue weighted by Crippen LogP contribution is -2.40. The molecule has 6 nitrogen and oxygen atoms in total. The Kier molecular flexibility index (Phi) is 7.28. The van der Waals surface area contributed by atoms with Crippen LogP contribution < -0.4 is 10.1 Å². The third-order valence-electron chi connectivity index (χ3n) is 6.31. The topological polar surface area (TPSA) is 71.5 Å². The minimum Gasteiger partial charge on any atom is -0.486 e. The van der Waals surface area contributed by atoms with Crippen LogP contribution in [0.2, 0.25) is 0 Å². The third-order valence-corrected chi connectivity index (χ3v) is 7.14. The van der Waals surface area contributed by atoms with E-state index in [0.717, 1.165) is 17.5 Å². The van der Waals surface area contributed by atoms with Gasteiger partial charge in [0.25, 0.3) is 5.91 Å². The van der Waals surface area contributed by atoms with Crippen molar-refractivity contribution >= 4 is 28.8 Å². The molecule has 188 valence electrons. The second kappa shape index (κ2) is 10.9. The first kappa shape index (κ1) is 24.6. The molecule has 1 aliphatic heterocycles. The SMILES string of the molecule is CCC(=O)N1CCc2ccc(OCc3nc(C(=O)Nc4cccc(F)c4)cs3)cc2C1c1ccccc1. The van der Waals surface area contributed by atoms with Crippen LogP contribution in [-0.4, -0.2) is 28.2 Å². The van der Waals surface area contributed by atoms with E-state index in [9.17, 15) is 14.0 Å². The smallest absolute Gasteiger partial charge is 0.275 e. The van der Waals surface area contributed by atoms with Crippen LogP contribution in [0.1, 0.15) is 51.6 Å². The first-order valence-electron chi connectivity index (χ1n) is 12.1. The van der Waals surface area contributed by atoms with Gasteiger partial charge in [-0.1, -0.05) is 49.4 Å². The van der Waals surface area contributed by atoms with E-state index in [2.05, 4.69) is 28.5 Å². The summed E-state index contributed by atoms with van der Waals surface area (Å²) in [4.78, 5) is 31.6. The summed E-state index contributed by atoms with van der Waals surface area (Å²) in [6.07, 6.45) is 1.25. The molecule has 1 aromatic heterocycles. The maximum absolute atomic E-state index is 13.4. The van der Waals surface area contributed by atoms with Gasteiger partial charge in [-0.25, -0.2) is 9.37 Å². The fraction of sp³-hybridized carbons (Fsp3) is 0.207. The Balaban J connectivity index is 1.32. The normalized spacial score (nSPS) is 14.6. The summed E-state index contributed by atoms with van der Waals surface area (Å²) in [7, 11) is 0. The fourth-order valence-electron chi connectivity index (χ4n) is 4.54. The lowest BCUT2D eigenvalue weighted by atomic mass is 9.87. The molecule has 0 fully saturated rings. The number of carbonyl (C=O) groups excluding carboxylic acids is 2. The second-order valence-corrected chi connectivity index (χ2v) is 9.69. The van der Waals surface area contributed by atoms with E-state index >= 15 is 0 Å². The van der Waals surface area contributed by atoms with E-state index in [-0.39, 0.29) is 24.2 Å². The quantitative estimate of drug-likeness (QED) is 0.328. The maximum Gasteiger partial charge on any atom is 0.275 e. The molecule has 0 saturated carbocycles. The van der Waals surface area contributed by atoms with E-state index in [0.29, 0.717) is 29.4 Å². The molecule has 1 N–H and O–H groups in total. The number of amides is 2. The zero-order valence-electron chi connectivity index (χ0n) is 20.3. The molecule has 1 aliphatic rings. The van der Waals surface area contributed by atoms with Gasteiger partial charge in [-0.3, -0.25) is 9.59 Å². The van der Waals surface area contributed by atoms with Crippen molar-refractivity contribution in [2.75, 3.05) is 11.9 Å². The van der Waals surface area contributed by atoms with Gasteiger partial charge in [0.15, 0.2) is 0 Å². The van der Waals surface area contributed by atoms with Gasteiger partial charge in [0, 0.05) is 24.0 Å². The summed E-state index contributed by atoms with van der Waals surface area (Å²) in [5, 5.41) is 4.95. The number of hydrogen-bond acceptors (Lipinski definition) is 5. The molecule has 2 amide bonds. The van der Waals surface area contributed by atoms with Crippen molar-refractivity contribution in [3.8, 4) is 5.75 Å². The molecule has 3 aromatic carbocycles. The number of thiazole rings is 1. The largest absolute Gasteiger partial charge is 0.486 e. The minimum atomic E-state index is -0.424. The number of nitrogens with one attached hydrogen (secondary N) is 1. The first-order valence-corrected chi connectivity index (χ1v) is 13.0. The van der Waals surface area contributed by atoms with E-state index in [1.165, 1.54) is 35.1 Å². The number of fused-ring (bicyclic) bond motifs is 1. The highest BCUT2D eigenvalue weighted by atomic mass is 32.1. The highest BCUT2D eigenvalue weighted by Gasteiger charge is 2.31. The molecule has 0 spiro atoms. The van der Waals surface area contributed by atoms with Crippen LogP contribution in [0.25, 0.3) is 0 Å². The predicted molar refractivity (Wildman–Crippen MR) is 141 cm³/mol. The van der Waals surface area contributed by atoms with Gasteiger partial charge < -0.3 is 15.0 Å². The number of rotatable bonds is 7. The number of ether oxygens (including phenoxy) is 1. The lowest BCUT2D eigenvalue weighted by molar-refractivity contribution is -0.132. The monoisotopic (exact) mass is 515 g/mol. The molecule has 1 atom stereocenters. The van der Waals surface area contributed by atoms with Crippen LogP contribution >= 0.6 is 11.3 Å². The molecule has 4 aromatic rings. The van der Waals surface area contributed by atoms with E-state index in [1.807, 2.05) is 42.2 Å². The molecule has 2 heterocycles. The van der Waals surface area contributed by atoms with Gasteiger partial charge in [0.2, 0.25) is 5.91 Å². The standard InChI is InChI=1S/C29H26FN3O3S/c1-2-27(34)33-14-13-19-11-12-23(16-24(19)28(33)20-7-4-3-5-8-20)36-17-26-32-25(18-37-26)29(35)31-22-10-6-9-21(30)15-22/h3-12,15-16,18,28H,2,13-14,17H2,1H3,(H,31,35). The number of halogens is 1. The molecular formula is C29H26FN3O3S. The van der Waals surface area contributed by atoms with Crippen molar-refractivity contribution in [1.82, 2.24) is 9.88 Å². The predicted octanol–water partition coefficient (Wildman–Crippen LogP) is 6.00. The van der Waals surface area contributed by atoms with Gasteiger partial charge in [-0.05, 0) is 53.4 Å². The number of aromatic nitrogens is 1. The second-order valence-electron chi connectivity index (χ2n) is 8.74. The highest BCUT2D eigenvalue weighted by Crippen LogP contribution is 2.37. The molecular weight excluding hydrogens is 489 g/mol. The molecule has 1 unspecified atom stereocenters. The van der Waals surface area contributed by atoms with Gasteiger partial charge in [-0.2, -0.15) is 0 Å². The van der Waals surface area contributed by atoms with Crippen molar-refractivity contribution < 1.29 is 18.7 Å². The van der Waals surface area contributed by atoms with Gasteiger partial charge >= 0.3 is 0 Å². The Morgan fingerprint density at radius 1 is 1.11 bits per heavy atom. The Hall–Kier alpha value is -4.04. The summed E-state index contributed by atoms with van der Waals surface area (Å²) in [6.45, 7) is 2.77. The number of carbonyl (C=O) groups is 2. The zero-order chi connectivity index (χ0) is 25.8. The molecule has 8 heteroatoms. The fourth-order valence-corrected chi connectivity index (χ4v) is 5.22. The summed E-state index contributed by atoms with van der Waals surface area (Å²) in [5.74, 6) is -0.0377. The molecule has 0 bridgehead atoms. The van der Waals surface area contributed by atoms with Crippen LogP contribution in [0, 0.1) is 5.82 Å². The maximum atomic E-state index is 13.4. The number of hydrogen-bond donors (Lipinski definition) is 1. The van der Waals surface area contributed by atoms with Gasteiger partial charge in [0.05, 0.1) is 6.04 Å². The molecule has 0 radical (unpaired) electrons. The van der Waals surface area contributed by atoms with E-state index in [4.69, 9.17) is 4.74 Å². The van der Waals surface area contributed by atoms with Crippen LogP contribution in [-0.2, 0) is 17.8 Å². The Labute approximate surface area is 218 Å². The molecule has 37 heavy (non-hydrogen) atoms. The third kappa shape index (κ3) is 5.54. The van der Waals surface area contributed by atoms with Crippen LogP contribution in [0.3, 0.4) is 0 Å².